The molecule has 2 heteroatoms. The number of rotatable bonds is 5. The van der Waals surface area contributed by atoms with E-state index in [1.54, 1.807) is 0 Å². The van der Waals surface area contributed by atoms with E-state index in [-0.39, 0.29) is 0 Å². The average molecular weight is 387 g/mol. The molecule has 4 aromatic rings. The number of unbranched alkanes of at least 4 members (excludes halogenated alkanes) is 1. The first-order valence-corrected chi connectivity index (χ1v) is 11.5. The molecule has 0 nitrogen and oxygen atoms in total. The summed E-state index contributed by atoms with van der Waals surface area (Å²) < 4.78 is 0. The third kappa shape index (κ3) is 2.97. The van der Waals surface area contributed by atoms with Gasteiger partial charge in [-0.2, -0.15) is 0 Å². The zero-order chi connectivity index (χ0) is 18.2. The summed E-state index contributed by atoms with van der Waals surface area (Å²) in [4.78, 5) is 2.73. The molecule has 0 saturated heterocycles. The van der Waals surface area contributed by atoms with Crippen LogP contribution in [0.25, 0.3) is 32.0 Å². The molecule has 0 bridgehead atoms. The molecule has 0 radical (unpaired) electrons. The van der Waals surface area contributed by atoms with Crippen LogP contribution in [0.4, 0.5) is 0 Å². The molecule has 0 N–H and O–H groups in total. The Balaban J connectivity index is 1.63. The minimum Gasteiger partial charge on any atom is -0.144 e. The van der Waals surface area contributed by atoms with Crippen molar-refractivity contribution in [2.75, 3.05) is 0 Å². The predicted molar refractivity (Wildman–Crippen MR) is 120 cm³/mol. The van der Waals surface area contributed by atoms with Gasteiger partial charge in [0.2, 0.25) is 0 Å². The van der Waals surface area contributed by atoms with Crippen LogP contribution in [0.2, 0.25) is 0 Å². The Morgan fingerprint density at radius 3 is 1.74 bits per heavy atom. The third-order valence-corrected chi connectivity index (χ3v) is 7.44. The van der Waals surface area contributed by atoms with Gasteiger partial charge in [-0.25, -0.2) is 0 Å². The van der Waals surface area contributed by atoms with Crippen molar-refractivity contribution in [3.8, 4) is 32.0 Å². The second-order valence-electron chi connectivity index (χ2n) is 7.25. The molecule has 2 aromatic carbocycles. The van der Waals surface area contributed by atoms with Crippen LogP contribution in [0.1, 0.15) is 43.2 Å². The Hall–Kier alpha value is -2.16. The molecule has 1 aliphatic rings. The third-order valence-electron chi connectivity index (χ3n) is 5.60. The van der Waals surface area contributed by atoms with Gasteiger partial charge in [0.15, 0.2) is 0 Å². The van der Waals surface area contributed by atoms with Crippen molar-refractivity contribution in [3.05, 3.63) is 82.6 Å². The Morgan fingerprint density at radius 2 is 1.30 bits per heavy atom. The standard InChI is InChI=1S/C25H22S2/c1-2-3-6-19-22-15-17(24-7-4-13-26-24)9-11-20(22)21-12-10-18(16-23(19)21)25-8-5-14-27-25/h4-5,7-16,19H,2-3,6H2,1H3. The number of thiophene rings is 2. The van der Waals surface area contributed by atoms with E-state index in [4.69, 9.17) is 0 Å². The van der Waals surface area contributed by atoms with Crippen LogP contribution >= 0.6 is 22.7 Å². The molecule has 0 spiro atoms. The molecule has 0 fully saturated rings. The van der Waals surface area contributed by atoms with E-state index in [9.17, 15) is 0 Å². The lowest BCUT2D eigenvalue weighted by Crippen LogP contribution is -1.97. The van der Waals surface area contributed by atoms with Crippen molar-refractivity contribution in [2.24, 2.45) is 0 Å². The summed E-state index contributed by atoms with van der Waals surface area (Å²) in [6.45, 7) is 2.29. The van der Waals surface area contributed by atoms with Crippen molar-refractivity contribution in [1.29, 1.82) is 0 Å². The second kappa shape index (κ2) is 7.10. The molecule has 0 unspecified atom stereocenters. The van der Waals surface area contributed by atoms with Crippen molar-refractivity contribution in [2.45, 2.75) is 32.1 Å². The van der Waals surface area contributed by atoms with E-state index >= 15 is 0 Å². The molecule has 0 atom stereocenters. The first-order valence-electron chi connectivity index (χ1n) is 9.71. The van der Waals surface area contributed by atoms with Gasteiger partial charge in [0, 0.05) is 15.7 Å². The summed E-state index contributed by atoms with van der Waals surface area (Å²) in [5, 5.41) is 4.33. The fourth-order valence-corrected chi connectivity index (χ4v) is 5.72. The van der Waals surface area contributed by atoms with Gasteiger partial charge in [-0.1, -0.05) is 56.2 Å². The Kier molecular flexibility index (Phi) is 4.47. The molecular formula is C25H22S2. The summed E-state index contributed by atoms with van der Waals surface area (Å²) >= 11 is 3.65. The molecular weight excluding hydrogens is 364 g/mol. The van der Waals surface area contributed by atoms with E-state index in [1.807, 2.05) is 22.7 Å². The van der Waals surface area contributed by atoms with Crippen LogP contribution in [0.5, 0.6) is 0 Å². The maximum atomic E-state index is 2.45. The predicted octanol–water partition coefficient (Wildman–Crippen LogP) is 8.45. The highest BCUT2D eigenvalue weighted by Gasteiger charge is 2.29. The van der Waals surface area contributed by atoms with Gasteiger partial charge in [-0.15, -0.1) is 22.7 Å². The van der Waals surface area contributed by atoms with Crippen molar-refractivity contribution in [3.63, 3.8) is 0 Å². The Bertz CT molecular complexity index is 972. The number of hydrogen-bond donors (Lipinski definition) is 0. The second-order valence-corrected chi connectivity index (χ2v) is 9.15. The van der Waals surface area contributed by atoms with E-state index in [0.29, 0.717) is 5.92 Å². The minimum atomic E-state index is 0.523. The van der Waals surface area contributed by atoms with Crippen LogP contribution < -0.4 is 0 Å². The van der Waals surface area contributed by atoms with Crippen LogP contribution in [0.3, 0.4) is 0 Å². The zero-order valence-electron chi connectivity index (χ0n) is 15.4. The SMILES string of the molecule is CCCCC1c2cc(-c3cccs3)ccc2-c2ccc(-c3cccs3)cc21. The fourth-order valence-electron chi connectivity index (χ4n) is 4.27. The van der Waals surface area contributed by atoms with Crippen molar-refractivity contribution in [1.82, 2.24) is 0 Å². The van der Waals surface area contributed by atoms with E-state index in [0.717, 1.165) is 0 Å². The Morgan fingerprint density at radius 1 is 0.741 bits per heavy atom. The molecule has 27 heavy (non-hydrogen) atoms. The summed E-state index contributed by atoms with van der Waals surface area (Å²) in [7, 11) is 0. The van der Waals surface area contributed by atoms with Crippen LogP contribution in [-0.2, 0) is 0 Å². The molecule has 0 amide bonds. The van der Waals surface area contributed by atoms with Gasteiger partial charge < -0.3 is 0 Å². The van der Waals surface area contributed by atoms with Crippen LogP contribution in [-0.4, -0.2) is 0 Å². The van der Waals surface area contributed by atoms with Gasteiger partial charge >= 0.3 is 0 Å². The normalized spacial score (nSPS) is 12.9. The quantitative estimate of drug-likeness (QED) is 0.323. The number of hydrogen-bond acceptors (Lipinski definition) is 2. The van der Waals surface area contributed by atoms with E-state index in [1.165, 1.54) is 62.4 Å². The molecule has 2 heterocycles. The van der Waals surface area contributed by atoms with Crippen LogP contribution in [0, 0.1) is 0 Å². The highest BCUT2D eigenvalue weighted by atomic mass is 32.1. The average Bonchev–Trinajstić information content (AvgIpc) is 3.46. The largest absolute Gasteiger partial charge is 0.144 e. The Labute approximate surface area is 169 Å². The summed E-state index contributed by atoms with van der Waals surface area (Å²) in [5.74, 6) is 0.523. The molecule has 0 aliphatic heterocycles. The zero-order valence-corrected chi connectivity index (χ0v) is 17.1. The molecule has 134 valence electrons. The molecule has 1 aliphatic carbocycles. The first kappa shape index (κ1) is 17.0. The smallest absolute Gasteiger partial charge is 0.0342 e. The maximum Gasteiger partial charge on any atom is 0.0342 e. The van der Waals surface area contributed by atoms with Crippen molar-refractivity contribution < 1.29 is 0 Å². The highest BCUT2D eigenvalue weighted by Crippen LogP contribution is 2.49. The first-order chi connectivity index (χ1) is 13.3. The highest BCUT2D eigenvalue weighted by molar-refractivity contribution is 7.13. The summed E-state index contributed by atoms with van der Waals surface area (Å²) in [6.07, 6.45) is 3.75. The van der Waals surface area contributed by atoms with E-state index < -0.39 is 0 Å². The minimum absolute atomic E-state index is 0.523. The summed E-state index contributed by atoms with van der Waals surface area (Å²) in [6, 6.07) is 22.9. The lowest BCUT2D eigenvalue weighted by atomic mass is 9.90. The van der Waals surface area contributed by atoms with E-state index in [2.05, 4.69) is 78.3 Å². The number of benzene rings is 2. The molecule has 5 rings (SSSR count). The number of fused-ring (bicyclic) bond motifs is 3. The van der Waals surface area contributed by atoms with Crippen LogP contribution in [0.15, 0.2) is 71.4 Å². The topological polar surface area (TPSA) is 0 Å². The fraction of sp³-hybridized carbons (Fsp3) is 0.200. The lowest BCUT2D eigenvalue weighted by molar-refractivity contribution is 0.659. The van der Waals surface area contributed by atoms with Gasteiger partial charge in [0.1, 0.15) is 0 Å². The van der Waals surface area contributed by atoms with Gasteiger partial charge in [0.25, 0.3) is 0 Å². The van der Waals surface area contributed by atoms with Gasteiger partial charge in [0.05, 0.1) is 0 Å². The van der Waals surface area contributed by atoms with Gasteiger partial charge in [-0.3, -0.25) is 0 Å². The summed E-state index contributed by atoms with van der Waals surface area (Å²) in [5.41, 5.74) is 8.63. The lowest BCUT2D eigenvalue weighted by Gasteiger charge is -2.14. The maximum absolute atomic E-state index is 2.45. The molecule has 2 aromatic heterocycles. The molecule has 0 saturated carbocycles. The van der Waals surface area contributed by atoms with Crippen molar-refractivity contribution >= 4 is 22.7 Å². The monoisotopic (exact) mass is 386 g/mol. The van der Waals surface area contributed by atoms with Gasteiger partial charge in [-0.05, 0) is 74.8 Å².